The predicted octanol–water partition coefficient (Wildman–Crippen LogP) is 2.69. The van der Waals surface area contributed by atoms with E-state index in [1.54, 1.807) is 16.9 Å². The Morgan fingerprint density at radius 2 is 1.62 bits per heavy atom. The average Bonchev–Trinajstić information content (AvgIpc) is 3.11. The number of carbonyl (C=O) groups excluding carboxylic acids is 1. The molecule has 0 fully saturated rings. The van der Waals surface area contributed by atoms with Gasteiger partial charge in [-0.05, 0) is 23.6 Å². The number of hydrogen-bond acceptors (Lipinski definition) is 5. The van der Waals surface area contributed by atoms with Crippen molar-refractivity contribution in [1.82, 2.24) is 24.2 Å². The second kappa shape index (κ2) is 9.84. The van der Waals surface area contributed by atoms with Crippen LogP contribution in [-0.4, -0.2) is 36.7 Å². The lowest BCUT2D eigenvalue weighted by atomic mass is 10.1. The molecule has 3 heterocycles. The minimum atomic E-state index is -0.238. The molecule has 172 valence electrons. The van der Waals surface area contributed by atoms with Crippen molar-refractivity contribution in [2.75, 3.05) is 11.9 Å². The highest BCUT2D eigenvalue weighted by atomic mass is 16.2. The van der Waals surface area contributed by atoms with Gasteiger partial charge in [0, 0.05) is 31.4 Å². The molecule has 2 aromatic heterocycles. The van der Waals surface area contributed by atoms with Gasteiger partial charge in [0.1, 0.15) is 18.7 Å². The maximum atomic E-state index is 13.4. The zero-order valence-corrected chi connectivity index (χ0v) is 18.8. The fourth-order valence-corrected chi connectivity index (χ4v) is 4.43. The van der Waals surface area contributed by atoms with E-state index in [0.717, 1.165) is 29.9 Å². The number of carbonyl (C=O) groups is 1. The molecule has 0 saturated heterocycles. The van der Waals surface area contributed by atoms with Crippen molar-refractivity contribution in [2.24, 2.45) is 0 Å². The third kappa shape index (κ3) is 4.82. The summed E-state index contributed by atoms with van der Waals surface area (Å²) < 4.78 is 3.55. The number of fused-ring (bicyclic) bond motifs is 1. The van der Waals surface area contributed by atoms with Crippen molar-refractivity contribution in [2.45, 2.75) is 32.6 Å². The van der Waals surface area contributed by atoms with Crippen LogP contribution >= 0.6 is 0 Å². The highest BCUT2D eigenvalue weighted by molar-refractivity contribution is 5.89. The van der Waals surface area contributed by atoms with Gasteiger partial charge in [-0.3, -0.25) is 19.2 Å². The first kappa shape index (κ1) is 21.8. The molecule has 0 bridgehead atoms. The Bertz CT molecular complexity index is 1320. The Kier molecular flexibility index (Phi) is 6.31. The summed E-state index contributed by atoms with van der Waals surface area (Å²) in [6.07, 6.45) is 3.63. The highest BCUT2D eigenvalue weighted by Gasteiger charge is 2.27. The molecule has 0 atom stereocenters. The third-order valence-corrected chi connectivity index (χ3v) is 6.06. The average molecular weight is 455 g/mol. The molecule has 4 aromatic rings. The van der Waals surface area contributed by atoms with E-state index in [4.69, 9.17) is 0 Å². The zero-order chi connectivity index (χ0) is 23.3. The van der Waals surface area contributed by atoms with Crippen molar-refractivity contribution >= 4 is 11.7 Å². The van der Waals surface area contributed by atoms with Crippen LogP contribution in [0, 0.1) is 0 Å². The SMILES string of the molecule is O=C(Cn1c2c(c(=O)n1Cc1ccccc1)CCN(Cc1ccccc1)C2)Nc1ccncn1. The van der Waals surface area contributed by atoms with Gasteiger partial charge in [-0.1, -0.05) is 60.7 Å². The molecule has 34 heavy (non-hydrogen) atoms. The summed E-state index contributed by atoms with van der Waals surface area (Å²) in [6.45, 7) is 2.65. The van der Waals surface area contributed by atoms with Crippen LogP contribution in [0.1, 0.15) is 22.4 Å². The summed E-state index contributed by atoms with van der Waals surface area (Å²) >= 11 is 0. The van der Waals surface area contributed by atoms with Crippen LogP contribution < -0.4 is 10.9 Å². The van der Waals surface area contributed by atoms with Gasteiger partial charge in [0.25, 0.3) is 5.56 Å². The third-order valence-electron chi connectivity index (χ3n) is 6.06. The van der Waals surface area contributed by atoms with Gasteiger partial charge >= 0.3 is 0 Å². The van der Waals surface area contributed by atoms with E-state index in [-0.39, 0.29) is 18.0 Å². The van der Waals surface area contributed by atoms with Gasteiger partial charge in [-0.25, -0.2) is 14.6 Å². The number of hydrogen-bond donors (Lipinski definition) is 1. The Hall–Kier alpha value is -4.04. The second-order valence-corrected chi connectivity index (χ2v) is 8.42. The fourth-order valence-electron chi connectivity index (χ4n) is 4.43. The van der Waals surface area contributed by atoms with Crippen molar-refractivity contribution in [1.29, 1.82) is 0 Å². The lowest BCUT2D eigenvalue weighted by Gasteiger charge is -2.27. The normalized spacial score (nSPS) is 13.4. The van der Waals surface area contributed by atoms with Crippen LogP contribution in [-0.2, 0) is 37.4 Å². The summed E-state index contributed by atoms with van der Waals surface area (Å²) in [7, 11) is 0. The van der Waals surface area contributed by atoms with Crippen molar-refractivity contribution in [3.63, 3.8) is 0 Å². The lowest BCUT2D eigenvalue weighted by molar-refractivity contribution is -0.117. The molecular weight excluding hydrogens is 428 g/mol. The number of anilines is 1. The van der Waals surface area contributed by atoms with E-state index < -0.39 is 0 Å². The van der Waals surface area contributed by atoms with E-state index in [9.17, 15) is 9.59 Å². The minimum absolute atomic E-state index is 0.0203. The van der Waals surface area contributed by atoms with Crippen molar-refractivity contribution < 1.29 is 4.79 Å². The molecule has 0 radical (unpaired) electrons. The molecule has 8 heteroatoms. The molecular formula is C26H26N6O2. The Balaban J connectivity index is 1.45. The van der Waals surface area contributed by atoms with Crippen molar-refractivity contribution in [3.05, 3.63) is 112 Å². The van der Waals surface area contributed by atoms with Gasteiger partial charge < -0.3 is 5.32 Å². The molecule has 0 spiro atoms. The summed E-state index contributed by atoms with van der Waals surface area (Å²) in [6, 6.07) is 21.8. The first-order chi connectivity index (χ1) is 16.7. The molecule has 8 nitrogen and oxygen atoms in total. The summed E-state index contributed by atoms with van der Waals surface area (Å²) in [5, 5.41) is 2.81. The smallest absolute Gasteiger partial charge is 0.270 e. The summed E-state index contributed by atoms with van der Waals surface area (Å²) in [5.74, 6) is 0.196. The molecule has 1 N–H and O–H groups in total. The number of rotatable bonds is 7. The molecule has 5 rings (SSSR count). The van der Waals surface area contributed by atoms with Crippen LogP contribution in [0.3, 0.4) is 0 Å². The molecule has 0 aliphatic carbocycles. The number of nitrogens with one attached hydrogen (secondary N) is 1. The van der Waals surface area contributed by atoms with Gasteiger partial charge in [0.05, 0.1) is 12.2 Å². The first-order valence-electron chi connectivity index (χ1n) is 11.3. The second-order valence-electron chi connectivity index (χ2n) is 8.42. The highest BCUT2D eigenvalue weighted by Crippen LogP contribution is 2.20. The molecule has 0 saturated carbocycles. The van der Waals surface area contributed by atoms with Gasteiger partial charge in [0.15, 0.2) is 0 Å². The van der Waals surface area contributed by atoms with E-state index in [2.05, 4.69) is 32.3 Å². The van der Waals surface area contributed by atoms with Crippen LogP contribution in [0.4, 0.5) is 5.82 Å². The van der Waals surface area contributed by atoms with Gasteiger partial charge in [-0.15, -0.1) is 0 Å². The standard InChI is InChI=1S/C26H26N6O2/c33-25(29-24-11-13-27-19-28-24)18-31-23-17-30(15-20-7-3-1-4-8-20)14-12-22(23)26(34)32(31)16-21-9-5-2-6-10-21/h1-11,13,19H,12,14-18H2,(H,27,28,29,33). The Morgan fingerprint density at radius 1 is 0.912 bits per heavy atom. The van der Waals surface area contributed by atoms with E-state index in [1.165, 1.54) is 11.9 Å². The quantitative estimate of drug-likeness (QED) is 0.464. The van der Waals surface area contributed by atoms with Crippen LogP contribution in [0.15, 0.2) is 84.0 Å². The van der Waals surface area contributed by atoms with Crippen molar-refractivity contribution in [3.8, 4) is 0 Å². The Labute approximate surface area is 197 Å². The number of amides is 1. The molecule has 1 aliphatic heterocycles. The summed E-state index contributed by atoms with van der Waals surface area (Å²) in [5.41, 5.74) is 3.92. The fraction of sp³-hybridized carbons (Fsp3) is 0.231. The lowest BCUT2D eigenvalue weighted by Crippen LogP contribution is -2.33. The van der Waals surface area contributed by atoms with Crippen LogP contribution in [0.2, 0.25) is 0 Å². The topological polar surface area (TPSA) is 85.0 Å². The molecule has 1 amide bonds. The zero-order valence-electron chi connectivity index (χ0n) is 18.8. The van der Waals surface area contributed by atoms with Gasteiger partial charge in [-0.2, -0.15) is 0 Å². The van der Waals surface area contributed by atoms with E-state index in [0.29, 0.717) is 25.3 Å². The summed E-state index contributed by atoms with van der Waals surface area (Å²) in [4.78, 5) is 36.6. The number of benzene rings is 2. The number of aromatic nitrogens is 4. The number of nitrogens with zero attached hydrogens (tertiary/aromatic N) is 5. The van der Waals surface area contributed by atoms with Crippen LogP contribution in [0.5, 0.6) is 0 Å². The van der Waals surface area contributed by atoms with Gasteiger partial charge in [0.2, 0.25) is 5.91 Å². The minimum Gasteiger partial charge on any atom is -0.309 e. The maximum absolute atomic E-state index is 13.4. The Morgan fingerprint density at radius 3 is 2.29 bits per heavy atom. The molecule has 1 aliphatic rings. The molecule has 2 aromatic carbocycles. The molecule has 0 unspecified atom stereocenters. The predicted molar refractivity (Wildman–Crippen MR) is 129 cm³/mol. The van der Waals surface area contributed by atoms with E-state index in [1.807, 2.05) is 53.2 Å². The maximum Gasteiger partial charge on any atom is 0.270 e. The monoisotopic (exact) mass is 454 g/mol. The first-order valence-corrected chi connectivity index (χ1v) is 11.3. The largest absolute Gasteiger partial charge is 0.309 e. The van der Waals surface area contributed by atoms with E-state index >= 15 is 0 Å². The van der Waals surface area contributed by atoms with Crippen LogP contribution in [0.25, 0.3) is 0 Å².